The van der Waals surface area contributed by atoms with Crippen molar-refractivity contribution in [3.8, 4) is 0 Å². The summed E-state index contributed by atoms with van der Waals surface area (Å²) in [6.07, 6.45) is 0.325. The molecule has 0 aliphatic rings. The van der Waals surface area contributed by atoms with E-state index in [1.807, 2.05) is 13.8 Å². The molecule has 0 fully saturated rings. The highest BCUT2D eigenvalue weighted by Crippen LogP contribution is 2.14. The molecule has 16 heavy (non-hydrogen) atoms. The van der Waals surface area contributed by atoms with Crippen LogP contribution in [0.15, 0.2) is 4.79 Å². The van der Waals surface area contributed by atoms with Crippen LogP contribution in [-0.2, 0) is 6.42 Å². The number of aromatic amines is 1. The van der Waals surface area contributed by atoms with Crippen LogP contribution in [0.4, 0.5) is 0 Å². The van der Waals surface area contributed by atoms with Gasteiger partial charge >= 0.3 is 0 Å². The summed E-state index contributed by atoms with van der Waals surface area (Å²) < 4.78 is 0. The molecule has 4 N–H and O–H groups in total. The zero-order chi connectivity index (χ0) is 12.3. The summed E-state index contributed by atoms with van der Waals surface area (Å²) in [7, 11) is 0. The van der Waals surface area contributed by atoms with Gasteiger partial charge in [-0.3, -0.25) is 4.79 Å². The number of aromatic nitrogens is 2. The Bertz CT molecular complexity index is 412. The number of hydrogen-bond acceptors (Lipinski definition) is 4. The van der Waals surface area contributed by atoms with Crippen LogP contribution in [-0.4, -0.2) is 21.7 Å². The van der Waals surface area contributed by atoms with Gasteiger partial charge < -0.3 is 15.8 Å². The highest BCUT2D eigenvalue weighted by atomic mass is 16.3. The SMILES string of the molecule is Cc1nc(C(N)C(C)C)[nH]c(=O)c1CCO. The van der Waals surface area contributed by atoms with Crippen molar-refractivity contribution in [2.24, 2.45) is 11.7 Å². The molecular weight excluding hydrogens is 206 g/mol. The Labute approximate surface area is 94.7 Å². The average Bonchev–Trinajstić information content (AvgIpc) is 2.21. The molecule has 0 bridgehead atoms. The quantitative estimate of drug-likeness (QED) is 0.685. The van der Waals surface area contributed by atoms with Gasteiger partial charge in [0, 0.05) is 24.3 Å². The minimum Gasteiger partial charge on any atom is -0.396 e. The van der Waals surface area contributed by atoms with Crippen LogP contribution in [0.5, 0.6) is 0 Å². The lowest BCUT2D eigenvalue weighted by Gasteiger charge is -2.15. The summed E-state index contributed by atoms with van der Waals surface area (Å²) >= 11 is 0. The van der Waals surface area contributed by atoms with E-state index in [2.05, 4.69) is 9.97 Å². The molecule has 1 heterocycles. The van der Waals surface area contributed by atoms with E-state index >= 15 is 0 Å². The van der Waals surface area contributed by atoms with E-state index in [0.29, 0.717) is 23.5 Å². The predicted octanol–water partition coefficient (Wildman–Crippen LogP) is 0.269. The summed E-state index contributed by atoms with van der Waals surface area (Å²) in [5.74, 6) is 0.727. The first-order valence-corrected chi connectivity index (χ1v) is 5.43. The van der Waals surface area contributed by atoms with Crippen molar-refractivity contribution in [2.75, 3.05) is 6.61 Å². The molecule has 1 aromatic heterocycles. The molecule has 5 heteroatoms. The molecule has 0 aromatic carbocycles. The van der Waals surface area contributed by atoms with Gasteiger partial charge in [0.25, 0.3) is 5.56 Å². The number of aryl methyl sites for hydroxylation is 1. The van der Waals surface area contributed by atoms with Crippen molar-refractivity contribution < 1.29 is 5.11 Å². The Morgan fingerprint density at radius 2 is 2.12 bits per heavy atom. The van der Waals surface area contributed by atoms with Gasteiger partial charge in [0.1, 0.15) is 5.82 Å². The molecule has 0 radical (unpaired) electrons. The van der Waals surface area contributed by atoms with Crippen LogP contribution in [0.25, 0.3) is 0 Å². The van der Waals surface area contributed by atoms with E-state index in [1.165, 1.54) is 0 Å². The smallest absolute Gasteiger partial charge is 0.254 e. The van der Waals surface area contributed by atoms with E-state index in [0.717, 1.165) is 0 Å². The minimum atomic E-state index is -0.269. The lowest BCUT2D eigenvalue weighted by atomic mass is 10.0. The third-order valence-electron chi connectivity index (χ3n) is 2.64. The van der Waals surface area contributed by atoms with Gasteiger partial charge in [-0.2, -0.15) is 0 Å². The van der Waals surface area contributed by atoms with E-state index in [4.69, 9.17) is 10.8 Å². The molecule has 0 saturated heterocycles. The van der Waals surface area contributed by atoms with E-state index in [1.54, 1.807) is 6.92 Å². The standard InChI is InChI=1S/C11H19N3O2/c1-6(2)9(12)10-13-7(3)8(4-5-15)11(16)14-10/h6,9,15H,4-5,12H2,1-3H3,(H,13,14,16). The van der Waals surface area contributed by atoms with Crippen LogP contribution in [0.1, 0.15) is 37.0 Å². The number of hydrogen-bond donors (Lipinski definition) is 3. The first-order valence-electron chi connectivity index (χ1n) is 5.43. The lowest BCUT2D eigenvalue weighted by molar-refractivity contribution is 0.298. The van der Waals surface area contributed by atoms with Gasteiger partial charge in [0.15, 0.2) is 0 Å². The first-order chi connectivity index (χ1) is 7.47. The molecule has 1 rings (SSSR count). The minimum absolute atomic E-state index is 0.0544. The van der Waals surface area contributed by atoms with E-state index in [9.17, 15) is 4.79 Å². The Hall–Kier alpha value is -1.20. The van der Waals surface area contributed by atoms with Crippen LogP contribution >= 0.6 is 0 Å². The maximum absolute atomic E-state index is 11.7. The molecule has 0 spiro atoms. The van der Waals surface area contributed by atoms with Crippen LogP contribution < -0.4 is 11.3 Å². The Morgan fingerprint density at radius 3 is 2.56 bits per heavy atom. The van der Waals surface area contributed by atoms with Crippen molar-refractivity contribution >= 4 is 0 Å². The number of nitrogens with one attached hydrogen (secondary N) is 1. The summed E-state index contributed by atoms with van der Waals surface area (Å²) in [6.45, 7) is 5.65. The molecule has 0 aliphatic carbocycles. The monoisotopic (exact) mass is 225 g/mol. The van der Waals surface area contributed by atoms with Gasteiger partial charge in [-0.15, -0.1) is 0 Å². The lowest BCUT2D eigenvalue weighted by Crippen LogP contribution is -2.26. The summed E-state index contributed by atoms with van der Waals surface area (Å²) in [6, 6.07) is -0.269. The van der Waals surface area contributed by atoms with Crippen LogP contribution in [0.3, 0.4) is 0 Å². The highest BCUT2D eigenvalue weighted by Gasteiger charge is 2.15. The van der Waals surface area contributed by atoms with Gasteiger partial charge in [0.2, 0.25) is 0 Å². The number of rotatable bonds is 4. The summed E-state index contributed by atoms with van der Waals surface area (Å²) in [5, 5.41) is 8.83. The van der Waals surface area contributed by atoms with Crippen molar-refractivity contribution in [1.29, 1.82) is 0 Å². The molecule has 90 valence electrons. The molecular formula is C11H19N3O2. The average molecular weight is 225 g/mol. The Morgan fingerprint density at radius 1 is 1.50 bits per heavy atom. The zero-order valence-electron chi connectivity index (χ0n) is 9.95. The number of H-pyrrole nitrogens is 1. The number of aliphatic hydroxyl groups is 1. The van der Waals surface area contributed by atoms with E-state index < -0.39 is 0 Å². The van der Waals surface area contributed by atoms with Crippen LogP contribution in [0, 0.1) is 12.8 Å². The molecule has 0 saturated carbocycles. The number of nitrogens with zero attached hydrogens (tertiary/aromatic N) is 1. The second-order valence-corrected chi connectivity index (χ2v) is 4.26. The maximum atomic E-state index is 11.7. The summed E-state index contributed by atoms with van der Waals surface area (Å²) in [4.78, 5) is 18.7. The van der Waals surface area contributed by atoms with Gasteiger partial charge in [-0.1, -0.05) is 13.8 Å². The van der Waals surface area contributed by atoms with E-state index in [-0.39, 0.29) is 24.1 Å². The molecule has 1 unspecified atom stereocenters. The largest absolute Gasteiger partial charge is 0.396 e. The van der Waals surface area contributed by atoms with Crippen LogP contribution in [0.2, 0.25) is 0 Å². The summed E-state index contributed by atoms with van der Waals surface area (Å²) in [5.41, 5.74) is 6.89. The fourth-order valence-corrected chi connectivity index (χ4v) is 1.51. The first kappa shape index (κ1) is 12.9. The predicted molar refractivity (Wildman–Crippen MR) is 62.2 cm³/mol. The molecule has 1 atom stereocenters. The van der Waals surface area contributed by atoms with Crippen molar-refractivity contribution in [3.05, 3.63) is 27.4 Å². The third-order valence-corrected chi connectivity index (χ3v) is 2.64. The van der Waals surface area contributed by atoms with Crippen molar-refractivity contribution in [2.45, 2.75) is 33.2 Å². The highest BCUT2D eigenvalue weighted by molar-refractivity contribution is 5.17. The van der Waals surface area contributed by atoms with Crippen molar-refractivity contribution in [1.82, 2.24) is 9.97 Å². The van der Waals surface area contributed by atoms with Gasteiger partial charge in [-0.05, 0) is 12.8 Å². The molecule has 5 nitrogen and oxygen atoms in total. The zero-order valence-corrected chi connectivity index (χ0v) is 9.95. The number of nitrogens with two attached hydrogens (primary N) is 1. The van der Waals surface area contributed by atoms with Gasteiger partial charge in [0.05, 0.1) is 6.04 Å². The second-order valence-electron chi connectivity index (χ2n) is 4.26. The normalized spacial score (nSPS) is 13.1. The Kier molecular flexibility index (Phi) is 4.20. The topological polar surface area (TPSA) is 92.0 Å². The second kappa shape index (κ2) is 5.23. The third kappa shape index (κ3) is 2.68. The molecule has 0 amide bonds. The molecule has 1 aromatic rings. The van der Waals surface area contributed by atoms with Gasteiger partial charge in [-0.25, -0.2) is 4.98 Å². The fourth-order valence-electron chi connectivity index (χ4n) is 1.51. The van der Waals surface area contributed by atoms with Crippen molar-refractivity contribution in [3.63, 3.8) is 0 Å². The number of aliphatic hydroxyl groups excluding tert-OH is 1. The Balaban J connectivity index is 3.14. The maximum Gasteiger partial charge on any atom is 0.254 e. The fraction of sp³-hybridized carbons (Fsp3) is 0.636. The molecule has 0 aliphatic heterocycles.